The molecule has 2 heterocycles. The monoisotopic (exact) mass is 682 g/mol. The van der Waals surface area contributed by atoms with E-state index in [9.17, 15) is 46.0 Å². The fourth-order valence-electron chi connectivity index (χ4n) is 6.47. The number of ether oxygens (including phenoxy) is 6. The minimum atomic E-state index is -1.83. The lowest BCUT2D eigenvalue weighted by Crippen LogP contribution is -2.65. The van der Waals surface area contributed by atoms with E-state index in [4.69, 9.17) is 28.4 Å². The number of aliphatic hydroxyl groups is 8. The molecule has 4 bridgehead atoms. The summed E-state index contributed by atoms with van der Waals surface area (Å²) in [7, 11) is 2.81. The van der Waals surface area contributed by atoms with Crippen LogP contribution in [0.4, 0.5) is 0 Å². The zero-order valence-electron chi connectivity index (χ0n) is 26.8. The summed E-state index contributed by atoms with van der Waals surface area (Å²) in [6, 6.07) is 6.97. The lowest BCUT2D eigenvalue weighted by atomic mass is 9.95. The molecule has 15 heteroatoms. The Bertz CT molecular complexity index is 1370. The SMILES string of the molecule is COc1c2cc(c(O[C@@H]3O[C@H](CO)[C@@H](O)[C@H](O[C@@H]4O[C@H](CO)[C@@H](O)[C@H](O)[C@H]4O)[C@H]3O)c1OC)CCCCC(O)CCc1ccc(O)c-2c1. The molecule has 0 amide bonds. The van der Waals surface area contributed by atoms with Gasteiger partial charge in [0.2, 0.25) is 12.0 Å². The van der Waals surface area contributed by atoms with Gasteiger partial charge in [0.1, 0.15) is 54.6 Å². The van der Waals surface area contributed by atoms with Gasteiger partial charge in [-0.1, -0.05) is 12.5 Å². The normalized spacial score (nSPS) is 34.3. The topological polar surface area (TPSA) is 237 Å². The molecule has 48 heavy (non-hydrogen) atoms. The van der Waals surface area contributed by atoms with Crippen LogP contribution in [-0.2, 0) is 27.1 Å². The van der Waals surface area contributed by atoms with E-state index in [0.717, 1.165) is 5.56 Å². The van der Waals surface area contributed by atoms with Gasteiger partial charge in [-0.2, -0.15) is 0 Å². The molecular formula is C33H46O15. The van der Waals surface area contributed by atoms with E-state index >= 15 is 0 Å². The third-order valence-corrected chi connectivity index (χ3v) is 9.22. The summed E-state index contributed by atoms with van der Waals surface area (Å²) >= 11 is 0. The van der Waals surface area contributed by atoms with Crippen molar-refractivity contribution in [3.05, 3.63) is 35.4 Å². The van der Waals surface area contributed by atoms with Crippen molar-refractivity contribution in [2.75, 3.05) is 27.4 Å². The van der Waals surface area contributed by atoms with Gasteiger partial charge >= 0.3 is 0 Å². The molecule has 0 aromatic heterocycles. The minimum absolute atomic E-state index is 0.00635. The van der Waals surface area contributed by atoms with Crippen molar-refractivity contribution < 1.29 is 74.4 Å². The number of phenols is 1. The lowest BCUT2D eigenvalue weighted by Gasteiger charge is -2.46. The second-order valence-corrected chi connectivity index (χ2v) is 12.4. The number of methoxy groups -OCH3 is 2. The summed E-state index contributed by atoms with van der Waals surface area (Å²) in [6.45, 7) is -1.46. The third kappa shape index (κ3) is 7.37. The molecular weight excluding hydrogens is 636 g/mol. The summed E-state index contributed by atoms with van der Waals surface area (Å²) < 4.78 is 34.8. The lowest BCUT2D eigenvalue weighted by molar-refractivity contribution is -0.353. The van der Waals surface area contributed by atoms with E-state index in [1.165, 1.54) is 14.2 Å². The standard InChI is InChI=1S/C33H46O15/c1-43-29-19-12-16(5-3-4-6-17(36)9-7-15-8-10-20(37)18(19)11-15)28(31(29)44-2)47-33-27(42)30(24(39)22(14-35)46-33)48-32-26(41)25(40)23(38)21(13-34)45-32/h8,10-12,17,21-27,30,32-42H,3-7,9,13-14H2,1-2H3/t17?,21-,22-,23-,24-,25+,26-,27-,30+,32+,33+/m1/s1. The first kappa shape index (κ1) is 36.5. The second-order valence-electron chi connectivity index (χ2n) is 12.4. The van der Waals surface area contributed by atoms with Crippen LogP contribution in [0.1, 0.15) is 36.8 Å². The number of rotatable bonds is 8. The van der Waals surface area contributed by atoms with Crippen LogP contribution in [0, 0.1) is 0 Å². The fourth-order valence-corrected chi connectivity index (χ4v) is 6.47. The number of hydrogen-bond donors (Lipinski definition) is 9. The molecule has 15 nitrogen and oxygen atoms in total. The Hall–Kier alpha value is -2.80. The highest BCUT2D eigenvalue weighted by atomic mass is 16.7. The van der Waals surface area contributed by atoms with E-state index in [0.29, 0.717) is 55.2 Å². The van der Waals surface area contributed by atoms with Crippen LogP contribution in [0.15, 0.2) is 24.3 Å². The average Bonchev–Trinajstić information content (AvgIpc) is 3.09. The smallest absolute Gasteiger partial charge is 0.229 e. The van der Waals surface area contributed by atoms with Gasteiger partial charge in [-0.15, -0.1) is 0 Å². The van der Waals surface area contributed by atoms with Crippen molar-refractivity contribution in [2.24, 2.45) is 0 Å². The van der Waals surface area contributed by atoms with Crippen molar-refractivity contribution in [1.82, 2.24) is 0 Å². The van der Waals surface area contributed by atoms with Gasteiger partial charge in [-0.25, -0.2) is 0 Å². The van der Waals surface area contributed by atoms with Crippen molar-refractivity contribution in [3.8, 4) is 34.1 Å². The Morgan fingerprint density at radius 1 is 0.688 bits per heavy atom. The Labute approximate surface area is 277 Å². The molecule has 2 fully saturated rings. The molecule has 0 saturated carbocycles. The maximum absolute atomic E-state index is 11.4. The maximum Gasteiger partial charge on any atom is 0.229 e. The number of aliphatic hydroxyl groups excluding tert-OH is 8. The van der Waals surface area contributed by atoms with Crippen LogP contribution in [0.5, 0.6) is 23.0 Å². The Balaban J connectivity index is 1.53. The summed E-state index contributed by atoms with van der Waals surface area (Å²) in [5, 5.41) is 94.4. The van der Waals surface area contributed by atoms with Crippen LogP contribution < -0.4 is 14.2 Å². The van der Waals surface area contributed by atoms with Gasteiger partial charge in [0.05, 0.1) is 33.5 Å². The van der Waals surface area contributed by atoms with E-state index in [1.807, 2.05) is 6.07 Å². The van der Waals surface area contributed by atoms with Gasteiger partial charge in [0.15, 0.2) is 17.8 Å². The van der Waals surface area contributed by atoms with Crippen LogP contribution in [0.3, 0.4) is 0 Å². The van der Waals surface area contributed by atoms with Crippen molar-refractivity contribution in [2.45, 2.75) is 106 Å². The predicted molar refractivity (Wildman–Crippen MR) is 166 cm³/mol. The number of benzene rings is 2. The Morgan fingerprint density at radius 2 is 1.38 bits per heavy atom. The molecule has 2 aliphatic heterocycles. The first-order valence-electron chi connectivity index (χ1n) is 16.1. The van der Waals surface area contributed by atoms with Gasteiger partial charge < -0.3 is 74.4 Å². The Kier molecular flexibility index (Phi) is 12.0. The van der Waals surface area contributed by atoms with Crippen LogP contribution in [0.2, 0.25) is 0 Å². The van der Waals surface area contributed by atoms with E-state index in [-0.39, 0.29) is 23.0 Å². The first-order valence-corrected chi connectivity index (χ1v) is 16.1. The molecule has 2 aromatic rings. The van der Waals surface area contributed by atoms with E-state index < -0.39 is 80.7 Å². The van der Waals surface area contributed by atoms with Crippen LogP contribution in [-0.4, -0.2) is 141 Å². The summed E-state index contributed by atoms with van der Waals surface area (Å²) in [5.41, 5.74) is 2.46. The quantitative estimate of drug-likeness (QED) is 0.164. The largest absolute Gasteiger partial charge is 0.507 e. The summed E-state index contributed by atoms with van der Waals surface area (Å²) in [6.07, 6.45) is -13.4. The highest BCUT2D eigenvalue weighted by molar-refractivity contribution is 5.81. The third-order valence-electron chi connectivity index (χ3n) is 9.22. The summed E-state index contributed by atoms with van der Waals surface area (Å²) in [4.78, 5) is 0. The molecule has 0 radical (unpaired) electrons. The number of aryl methyl sites for hydroxylation is 2. The molecule has 11 atom stereocenters. The molecule has 1 aliphatic carbocycles. The highest BCUT2D eigenvalue weighted by Crippen LogP contribution is 2.50. The number of hydrogen-bond acceptors (Lipinski definition) is 15. The van der Waals surface area contributed by atoms with Gasteiger partial charge in [0, 0.05) is 11.1 Å². The number of aromatic hydroxyl groups is 1. The number of fused-ring (bicyclic) bond motifs is 5. The summed E-state index contributed by atoms with van der Waals surface area (Å²) in [5.74, 6) is 0.413. The van der Waals surface area contributed by atoms with Crippen molar-refractivity contribution >= 4 is 0 Å². The minimum Gasteiger partial charge on any atom is -0.507 e. The molecule has 2 aromatic carbocycles. The molecule has 5 rings (SSSR count). The van der Waals surface area contributed by atoms with E-state index in [2.05, 4.69) is 0 Å². The zero-order chi connectivity index (χ0) is 34.7. The fraction of sp³-hybridized carbons (Fsp3) is 0.636. The molecule has 1 unspecified atom stereocenters. The van der Waals surface area contributed by atoms with Gasteiger partial charge in [0.25, 0.3) is 0 Å². The Morgan fingerprint density at radius 3 is 2.06 bits per heavy atom. The average molecular weight is 683 g/mol. The van der Waals surface area contributed by atoms with Crippen molar-refractivity contribution in [1.29, 1.82) is 0 Å². The molecule has 0 spiro atoms. The maximum atomic E-state index is 11.4. The molecule has 9 N–H and O–H groups in total. The zero-order valence-corrected chi connectivity index (χ0v) is 26.8. The van der Waals surface area contributed by atoms with Crippen LogP contribution in [0.25, 0.3) is 11.1 Å². The predicted octanol–water partition coefficient (Wildman–Crippen LogP) is -0.901. The number of phenolic OH excluding ortho intramolecular Hbond substituents is 1. The van der Waals surface area contributed by atoms with Gasteiger partial charge in [-0.05, 0) is 61.4 Å². The molecule has 3 aliphatic rings. The first-order chi connectivity index (χ1) is 23.0. The molecule has 2 saturated heterocycles. The van der Waals surface area contributed by atoms with Crippen LogP contribution >= 0.6 is 0 Å². The van der Waals surface area contributed by atoms with Gasteiger partial charge in [-0.3, -0.25) is 0 Å². The molecule has 268 valence electrons. The van der Waals surface area contributed by atoms with Crippen molar-refractivity contribution in [3.63, 3.8) is 0 Å². The van der Waals surface area contributed by atoms with E-state index in [1.54, 1.807) is 18.2 Å². The highest BCUT2D eigenvalue weighted by Gasteiger charge is 2.51. The second kappa shape index (κ2) is 15.8.